The highest BCUT2D eigenvalue weighted by Crippen LogP contribution is 2.68. The Kier molecular flexibility index (Phi) is 7.48. The topological polar surface area (TPSA) is 72.8 Å². The van der Waals surface area contributed by atoms with Gasteiger partial charge in [-0.25, -0.2) is 4.79 Å². The van der Waals surface area contributed by atoms with Crippen molar-refractivity contribution in [1.82, 2.24) is 0 Å². The molecule has 0 saturated heterocycles. The zero-order valence-electron chi connectivity index (χ0n) is 21.3. The first kappa shape index (κ1) is 25.0. The molecule has 0 unspecified atom stereocenters. The molecule has 0 spiro atoms. The van der Waals surface area contributed by atoms with E-state index in [9.17, 15) is 14.7 Å². The third kappa shape index (κ3) is 4.73. The molecular formula is C28H46O5. The molecule has 5 nitrogen and oxygen atoms in total. The Bertz CT molecular complexity index is 721. The molecule has 0 bridgehead atoms. The zero-order chi connectivity index (χ0) is 23.8. The van der Waals surface area contributed by atoms with Gasteiger partial charge in [0.05, 0.1) is 12.7 Å². The number of aliphatic hydroxyl groups excluding tert-OH is 1. The number of fused-ring (bicyclic) bond motifs is 5. The highest BCUT2D eigenvalue weighted by molar-refractivity contribution is 5.76. The maximum absolute atomic E-state index is 12.2. The van der Waals surface area contributed by atoms with E-state index in [-0.39, 0.29) is 18.7 Å². The number of rotatable bonds is 7. The molecule has 0 aromatic heterocycles. The van der Waals surface area contributed by atoms with E-state index >= 15 is 0 Å². The monoisotopic (exact) mass is 462 g/mol. The second-order valence-electron chi connectivity index (χ2n) is 12.3. The van der Waals surface area contributed by atoms with Crippen molar-refractivity contribution in [3.8, 4) is 0 Å². The van der Waals surface area contributed by atoms with Gasteiger partial charge in [0, 0.05) is 6.42 Å². The third-order valence-electron chi connectivity index (χ3n) is 10.9. The number of ether oxygens (including phenoxy) is 2. The zero-order valence-corrected chi connectivity index (χ0v) is 21.3. The average molecular weight is 463 g/mol. The van der Waals surface area contributed by atoms with Gasteiger partial charge < -0.3 is 14.6 Å². The number of aliphatic hydroxyl groups is 1. The van der Waals surface area contributed by atoms with Crippen LogP contribution < -0.4 is 0 Å². The third-order valence-corrected chi connectivity index (χ3v) is 10.9. The summed E-state index contributed by atoms with van der Waals surface area (Å²) >= 11 is 0. The Balaban J connectivity index is 1.35. The highest BCUT2D eigenvalue weighted by Gasteiger charge is 2.60. The SMILES string of the molecule is CCOC(=O)COC(=O)CC[C@@H](C)[C@H]1CC[C@H]2[C@@H]3CC[C@@H]4C[C@H](O)CC[C@]4(C)[C@H]3CC[C@]12C. The second-order valence-corrected chi connectivity index (χ2v) is 12.3. The van der Waals surface area contributed by atoms with Gasteiger partial charge in [-0.15, -0.1) is 0 Å². The molecule has 1 N–H and O–H groups in total. The average Bonchev–Trinajstić information content (AvgIpc) is 3.14. The number of esters is 2. The smallest absolute Gasteiger partial charge is 0.344 e. The van der Waals surface area contributed by atoms with Gasteiger partial charge >= 0.3 is 11.9 Å². The van der Waals surface area contributed by atoms with Crippen LogP contribution in [0.25, 0.3) is 0 Å². The Labute approximate surface area is 200 Å². The van der Waals surface area contributed by atoms with Gasteiger partial charge in [0.1, 0.15) is 0 Å². The van der Waals surface area contributed by atoms with E-state index in [1.165, 1.54) is 44.9 Å². The Morgan fingerprint density at radius 1 is 0.939 bits per heavy atom. The van der Waals surface area contributed by atoms with Crippen molar-refractivity contribution in [3.05, 3.63) is 0 Å². The first-order valence-electron chi connectivity index (χ1n) is 13.7. The molecular weight excluding hydrogens is 416 g/mol. The van der Waals surface area contributed by atoms with Crippen molar-refractivity contribution in [1.29, 1.82) is 0 Å². The highest BCUT2D eigenvalue weighted by atomic mass is 16.6. The molecule has 9 atom stereocenters. The largest absolute Gasteiger partial charge is 0.463 e. The number of hydrogen-bond donors (Lipinski definition) is 1. The Morgan fingerprint density at radius 2 is 1.67 bits per heavy atom. The quantitative estimate of drug-likeness (QED) is 0.504. The minimum atomic E-state index is -0.474. The summed E-state index contributed by atoms with van der Waals surface area (Å²) in [5, 5.41) is 10.3. The lowest BCUT2D eigenvalue weighted by molar-refractivity contribution is -0.158. The first-order chi connectivity index (χ1) is 15.7. The van der Waals surface area contributed by atoms with Crippen LogP contribution in [0.5, 0.6) is 0 Å². The fourth-order valence-electron chi connectivity index (χ4n) is 9.17. The number of hydrogen-bond acceptors (Lipinski definition) is 5. The van der Waals surface area contributed by atoms with E-state index in [0.29, 0.717) is 41.6 Å². The van der Waals surface area contributed by atoms with Crippen LogP contribution in [0.15, 0.2) is 0 Å². The van der Waals surface area contributed by atoms with E-state index in [2.05, 4.69) is 20.8 Å². The van der Waals surface area contributed by atoms with Crippen molar-refractivity contribution < 1.29 is 24.2 Å². The summed E-state index contributed by atoms with van der Waals surface area (Å²) in [4.78, 5) is 23.6. The van der Waals surface area contributed by atoms with Crippen LogP contribution in [-0.4, -0.2) is 36.4 Å². The van der Waals surface area contributed by atoms with Crippen molar-refractivity contribution in [2.24, 2.45) is 46.3 Å². The summed E-state index contributed by atoms with van der Waals surface area (Å²) in [5.41, 5.74) is 0.808. The molecule has 4 fully saturated rings. The minimum Gasteiger partial charge on any atom is -0.463 e. The lowest BCUT2D eigenvalue weighted by Crippen LogP contribution is -2.54. The van der Waals surface area contributed by atoms with E-state index in [1.807, 2.05) is 0 Å². The van der Waals surface area contributed by atoms with Gasteiger partial charge in [-0.1, -0.05) is 20.8 Å². The Morgan fingerprint density at radius 3 is 2.42 bits per heavy atom. The summed E-state index contributed by atoms with van der Waals surface area (Å²) in [7, 11) is 0. The van der Waals surface area contributed by atoms with Crippen LogP contribution in [0.1, 0.15) is 98.3 Å². The molecule has 0 aromatic rings. The lowest BCUT2D eigenvalue weighted by Gasteiger charge is -2.61. The first-order valence-corrected chi connectivity index (χ1v) is 13.7. The maximum Gasteiger partial charge on any atom is 0.344 e. The second kappa shape index (κ2) is 9.87. The van der Waals surface area contributed by atoms with Crippen LogP contribution in [0.4, 0.5) is 0 Å². The number of carbonyl (C=O) groups excluding carboxylic acids is 2. The van der Waals surface area contributed by atoms with Crippen molar-refractivity contribution in [3.63, 3.8) is 0 Å². The van der Waals surface area contributed by atoms with Crippen molar-refractivity contribution in [2.45, 2.75) is 104 Å². The van der Waals surface area contributed by atoms with E-state index in [1.54, 1.807) is 6.92 Å². The minimum absolute atomic E-state index is 0.0748. The molecule has 188 valence electrons. The lowest BCUT2D eigenvalue weighted by atomic mass is 9.44. The maximum atomic E-state index is 12.2. The van der Waals surface area contributed by atoms with Crippen LogP contribution in [0, 0.1) is 46.3 Å². The predicted octanol–water partition coefficient (Wildman–Crippen LogP) is 5.53. The van der Waals surface area contributed by atoms with Gasteiger partial charge in [-0.3, -0.25) is 4.79 Å². The molecule has 4 aliphatic carbocycles. The standard InChI is InChI=1S/C28H46O5/c1-5-32-26(31)17-33-25(30)11-6-18(2)22-9-10-23-21-8-7-19-16-20(29)12-14-27(19,3)24(21)13-15-28(22,23)4/h18-24,29H,5-17H2,1-4H3/t18-,19-,20-,21+,22-,23+,24+,27+,28-/m1/s1. The normalized spacial score (nSPS) is 43.1. The van der Waals surface area contributed by atoms with Gasteiger partial charge in [-0.2, -0.15) is 0 Å². The van der Waals surface area contributed by atoms with Crippen LogP contribution in [0.3, 0.4) is 0 Å². The summed E-state index contributed by atoms with van der Waals surface area (Å²) in [6, 6.07) is 0. The molecule has 4 rings (SSSR count). The fourth-order valence-corrected chi connectivity index (χ4v) is 9.17. The predicted molar refractivity (Wildman–Crippen MR) is 127 cm³/mol. The molecule has 5 heteroatoms. The van der Waals surface area contributed by atoms with Gasteiger partial charge in [0.2, 0.25) is 0 Å². The van der Waals surface area contributed by atoms with Gasteiger partial charge in [-0.05, 0) is 117 Å². The van der Waals surface area contributed by atoms with Crippen LogP contribution >= 0.6 is 0 Å². The van der Waals surface area contributed by atoms with Crippen LogP contribution in [0.2, 0.25) is 0 Å². The van der Waals surface area contributed by atoms with E-state index in [4.69, 9.17) is 9.47 Å². The molecule has 0 amide bonds. The number of carbonyl (C=O) groups is 2. The summed E-state index contributed by atoms with van der Waals surface area (Å²) in [5.74, 6) is 3.58. The molecule has 4 saturated carbocycles. The molecule has 33 heavy (non-hydrogen) atoms. The molecule has 0 radical (unpaired) electrons. The molecule has 4 aliphatic rings. The van der Waals surface area contributed by atoms with Crippen molar-refractivity contribution >= 4 is 11.9 Å². The Hall–Kier alpha value is -1.10. The summed E-state index contributed by atoms with van der Waals surface area (Å²) in [6.45, 7) is 9.21. The van der Waals surface area contributed by atoms with Crippen molar-refractivity contribution in [2.75, 3.05) is 13.2 Å². The molecule has 0 aliphatic heterocycles. The van der Waals surface area contributed by atoms with E-state index < -0.39 is 5.97 Å². The molecule has 0 aromatic carbocycles. The molecule has 0 heterocycles. The van der Waals surface area contributed by atoms with Gasteiger partial charge in [0.25, 0.3) is 0 Å². The van der Waals surface area contributed by atoms with Crippen LogP contribution in [-0.2, 0) is 19.1 Å². The van der Waals surface area contributed by atoms with E-state index in [0.717, 1.165) is 37.0 Å². The fraction of sp³-hybridized carbons (Fsp3) is 0.929. The summed E-state index contributed by atoms with van der Waals surface area (Å²) < 4.78 is 9.94. The summed E-state index contributed by atoms with van der Waals surface area (Å²) in [6.07, 6.45) is 12.3. The van der Waals surface area contributed by atoms with Gasteiger partial charge in [0.15, 0.2) is 6.61 Å².